The van der Waals surface area contributed by atoms with Crippen LogP contribution >= 0.6 is 0 Å². The van der Waals surface area contributed by atoms with Crippen LogP contribution in [0.4, 0.5) is 18.9 Å². The summed E-state index contributed by atoms with van der Waals surface area (Å²) in [4.78, 5) is 6.21. The summed E-state index contributed by atoms with van der Waals surface area (Å²) in [6.45, 7) is 1.48. The molecule has 3 rings (SSSR count). The number of benzene rings is 1. The van der Waals surface area contributed by atoms with E-state index in [2.05, 4.69) is 38.9 Å². The van der Waals surface area contributed by atoms with Gasteiger partial charge >= 0.3 is 6.18 Å². The van der Waals surface area contributed by atoms with E-state index in [-0.39, 0.29) is 11.9 Å². The molecule has 24 heavy (non-hydrogen) atoms. The van der Waals surface area contributed by atoms with Crippen LogP contribution in [0, 0.1) is 0 Å². The van der Waals surface area contributed by atoms with Gasteiger partial charge in [0.25, 0.3) is 0 Å². The van der Waals surface area contributed by atoms with Crippen LogP contribution in [0.3, 0.4) is 0 Å². The highest BCUT2D eigenvalue weighted by Crippen LogP contribution is 2.33. The van der Waals surface area contributed by atoms with Gasteiger partial charge in [-0.1, -0.05) is 36.4 Å². The first kappa shape index (κ1) is 16.4. The Bertz CT molecular complexity index is 726. The molecule has 126 valence electrons. The van der Waals surface area contributed by atoms with Gasteiger partial charge in [-0.05, 0) is 24.1 Å². The highest BCUT2D eigenvalue weighted by molar-refractivity contribution is 5.71. The number of hydrogen-bond donors (Lipinski definition) is 0. The summed E-state index contributed by atoms with van der Waals surface area (Å²) < 4.78 is 41.1. The van der Waals surface area contributed by atoms with Gasteiger partial charge in [-0.15, -0.1) is 0 Å². The van der Waals surface area contributed by atoms with E-state index in [9.17, 15) is 13.2 Å². The molecule has 1 aromatic carbocycles. The maximum absolute atomic E-state index is 12.2. The molecule has 0 aliphatic carbocycles. The number of halogens is 3. The molecular formula is C18H17F3N2O. The van der Waals surface area contributed by atoms with Crippen LogP contribution in [0.5, 0.6) is 5.88 Å². The normalized spacial score (nSPS) is 15.1. The predicted molar refractivity (Wildman–Crippen MR) is 87.0 cm³/mol. The van der Waals surface area contributed by atoms with E-state index in [0.717, 1.165) is 23.4 Å². The topological polar surface area (TPSA) is 25.4 Å². The Balaban J connectivity index is 1.74. The molecule has 0 spiro atoms. The smallest absolute Gasteiger partial charge is 0.422 e. The van der Waals surface area contributed by atoms with Crippen molar-refractivity contribution in [3.8, 4) is 5.88 Å². The van der Waals surface area contributed by atoms with E-state index in [0.29, 0.717) is 0 Å². The van der Waals surface area contributed by atoms with Crippen molar-refractivity contribution in [2.45, 2.75) is 19.1 Å². The van der Waals surface area contributed by atoms with Gasteiger partial charge in [0.1, 0.15) is 0 Å². The highest BCUT2D eigenvalue weighted by atomic mass is 19.4. The Kier molecular flexibility index (Phi) is 4.46. The van der Waals surface area contributed by atoms with Gasteiger partial charge in [-0.3, -0.25) is 0 Å². The molecule has 2 heterocycles. The molecule has 6 heteroatoms. The molecule has 1 aromatic heterocycles. The summed E-state index contributed by atoms with van der Waals surface area (Å²) in [6.07, 6.45) is 1.38. The summed E-state index contributed by atoms with van der Waals surface area (Å²) in [5, 5.41) is 0. The van der Waals surface area contributed by atoms with E-state index in [1.807, 2.05) is 19.1 Å². The van der Waals surface area contributed by atoms with Crippen molar-refractivity contribution in [1.29, 1.82) is 0 Å². The number of fused-ring (bicyclic) bond motifs is 1. The number of para-hydroxylation sites is 1. The van der Waals surface area contributed by atoms with Gasteiger partial charge in [0, 0.05) is 24.5 Å². The van der Waals surface area contributed by atoms with Gasteiger partial charge in [-0.25, -0.2) is 4.98 Å². The summed E-state index contributed by atoms with van der Waals surface area (Å²) in [6, 6.07) is 11.4. The van der Waals surface area contributed by atoms with Crippen molar-refractivity contribution in [3.05, 3.63) is 59.8 Å². The summed E-state index contributed by atoms with van der Waals surface area (Å²) >= 11 is 0. The Morgan fingerprint density at radius 1 is 1.21 bits per heavy atom. The van der Waals surface area contributed by atoms with Crippen molar-refractivity contribution in [1.82, 2.24) is 4.98 Å². The summed E-state index contributed by atoms with van der Waals surface area (Å²) in [5.41, 5.74) is 3.19. The fraction of sp³-hybridized carbons (Fsp3) is 0.278. The number of anilines is 1. The van der Waals surface area contributed by atoms with Crippen molar-refractivity contribution in [3.63, 3.8) is 0 Å². The maximum Gasteiger partial charge on any atom is 0.422 e. The third kappa shape index (κ3) is 3.69. The lowest BCUT2D eigenvalue weighted by Crippen LogP contribution is -2.29. The first-order valence-electron chi connectivity index (χ1n) is 7.62. The van der Waals surface area contributed by atoms with Crippen LogP contribution in [-0.4, -0.2) is 24.3 Å². The number of aromatic nitrogens is 1. The number of ether oxygens (including phenoxy) is 1. The lowest BCUT2D eigenvalue weighted by Gasteiger charge is -2.34. The van der Waals surface area contributed by atoms with E-state index >= 15 is 0 Å². The van der Waals surface area contributed by atoms with Gasteiger partial charge in [0.05, 0.1) is 6.04 Å². The van der Waals surface area contributed by atoms with Gasteiger partial charge < -0.3 is 9.64 Å². The molecule has 0 N–H and O–H groups in total. The molecule has 2 aromatic rings. The van der Waals surface area contributed by atoms with Crippen LogP contribution in [-0.2, 0) is 0 Å². The maximum atomic E-state index is 12.2. The minimum atomic E-state index is -4.36. The second kappa shape index (κ2) is 6.55. The second-order valence-electron chi connectivity index (χ2n) is 5.62. The molecule has 0 saturated heterocycles. The number of alkyl halides is 3. The van der Waals surface area contributed by atoms with Gasteiger partial charge in [0.2, 0.25) is 5.88 Å². The average molecular weight is 334 g/mol. The Hall–Kier alpha value is -2.50. The minimum absolute atomic E-state index is 0.0257. The zero-order valence-corrected chi connectivity index (χ0v) is 13.1. The van der Waals surface area contributed by atoms with Crippen LogP contribution in [0.15, 0.2) is 48.7 Å². The second-order valence-corrected chi connectivity index (χ2v) is 5.62. The Morgan fingerprint density at radius 2 is 2.00 bits per heavy atom. The molecule has 0 saturated carbocycles. The molecule has 1 aliphatic heterocycles. The monoisotopic (exact) mass is 334 g/mol. The molecular weight excluding hydrogens is 317 g/mol. The molecule has 0 amide bonds. The first-order chi connectivity index (χ1) is 11.4. The van der Waals surface area contributed by atoms with E-state index in [1.165, 1.54) is 6.07 Å². The van der Waals surface area contributed by atoms with Gasteiger partial charge in [-0.2, -0.15) is 13.2 Å². The Morgan fingerprint density at radius 3 is 2.71 bits per heavy atom. The van der Waals surface area contributed by atoms with Crippen molar-refractivity contribution >= 4 is 11.8 Å². The number of nitrogens with zero attached hydrogens (tertiary/aromatic N) is 2. The lowest BCUT2D eigenvalue weighted by atomic mass is 10.0. The zero-order chi connectivity index (χ0) is 17.2. The summed E-state index contributed by atoms with van der Waals surface area (Å²) in [5.74, 6) is -0.0257. The number of rotatable bonds is 4. The summed E-state index contributed by atoms with van der Waals surface area (Å²) in [7, 11) is 0. The first-order valence-corrected chi connectivity index (χ1v) is 7.62. The Labute approximate surface area is 138 Å². The molecule has 0 fully saturated rings. The van der Waals surface area contributed by atoms with Crippen LogP contribution in [0.1, 0.15) is 24.1 Å². The van der Waals surface area contributed by atoms with Crippen molar-refractivity contribution < 1.29 is 17.9 Å². The van der Waals surface area contributed by atoms with Crippen LogP contribution < -0.4 is 9.64 Å². The molecule has 1 unspecified atom stereocenters. The van der Waals surface area contributed by atoms with E-state index < -0.39 is 12.8 Å². The van der Waals surface area contributed by atoms with Gasteiger partial charge in [0.15, 0.2) is 6.61 Å². The lowest BCUT2D eigenvalue weighted by molar-refractivity contribution is -0.154. The van der Waals surface area contributed by atoms with E-state index in [1.54, 1.807) is 12.3 Å². The van der Waals surface area contributed by atoms with Crippen LogP contribution in [0.2, 0.25) is 0 Å². The highest BCUT2D eigenvalue weighted by Gasteiger charge is 2.28. The third-order valence-electron chi connectivity index (χ3n) is 3.94. The fourth-order valence-electron chi connectivity index (χ4n) is 2.71. The van der Waals surface area contributed by atoms with Crippen molar-refractivity contribution in [2.75, 3.05) is 18.1 Å². The average Bonchev–Trinajstić information content (AvgIpc) is 2.59. The minimum Gasteiger partial charge on any atom is -0.468 e. The number of pyridine rings is 1. The fourth-order valence-corrected chi connectivity index (χ4v) is 2.71. The molecule has 0 bridgehead atoms. The largest absolute Gasteiger partial charge is 0.468 e. The number of hydrogen-bond acceptors (Lipinski definition) is 3. The molecule has 1 aliphatic rings. The SMILES string of the molecule is CC(c1ccc(OCC(F)(F)F)nc1)N1CC=Cc2ccccc21. The predicted octanol–water partition coefficient (Wildman–Crippen LogP) is 4.62. The molecule has 3 nitrogen and oxygen atoms in total. The molecule has 0 radical (unpaired) electrons. The third-order valence-corrected chi connectivity index (χ3v) is 3.94. The van der Waals surface area contributed by atoms with E-state index in [4.69, 9.17) is 0 Å². The van der Waals surface area contributed by atoms with Crippen LogP contribution in [0.25, 0.3) is 6.08 Å². The molecule has 1 atom stereocenters. The standard InChI is InChI=1S/C18H17F3N2O/c1-13(23-10-4-6-14-5-2-3-7-16(14)23)15-8-9-17(22-11-15)24-12-18(19,20)21/h2-9,11,13H,10,12H2,1H3. The quantitative estimate of drug-likeness (QED) is 0.816. The zero-order valence-electron chi connectivity index (χ0n) is 13.1. The van der Waals surface area contributed by atoms with Crippen molar-refractivity contribution in [2.24, 2.45) is 0 Å².